The summed E-state index contributed by atoms with van der Waals surface area (Å²) in [5.41, 5.74) is 4.71. The Morgan fingerprint density at radius 1 is 1.25 bits per heavy atom. The first-order valence-corrected chi connectivity index (χ1v) is 8.16. The number of nitrogens with one attached hydrogen (secondary N) is 1. The molecule has 0 saturated carbocycles. The van der Waals surface area contributed by atoms with E-state index in [1.807, 2.05) is 11.3 Å². The number of fused-ring (bicyclic) bond motifs is 1. The van der Waals surface area contributed by atoms with Gasteiger partial charge in [-0.15, -0.1) is 11.3 Å². The van der Waals surface area contributed by atoms with Crippen LogP contribution in [0.25, 0.3) is 0 Å². The maximum atomic E-state index is 3.80. The zero-order chi connectivity index (χ0) is 14.3. The van der Waals surface area contributed by atoms with E-state index in [9.17, 15) is 0 Å². The lowest BCUT2D eigenvalue weighted by Crippen LogP contribution is -2.30. The van der Waals surface area contributed by atoms with Crippen LogP contribution in [0.15, 0.2) is 30.3 Å². The quantitative estimate of drug-likeness (QED) is 0.856. The highest BCUT2D eigenvalue weighted by Crippen LogP contribution is 2.45. The zero-order valence-corrected chi connectivity index (χ0v) is 13.6. The predicted octanol–water partition coefficient (Wildman–Crippen LogP) is 4.78. The van der Waals surface area contributed by atoms with Gasteiger partial charge < -0.3 is 5.32 Å². The largest absolute Gasteiger partial charge is 0.305 e. The van der Waals surface area contributed by atoms with E-state index < -0.39 is 0 Å². The van der Waals surface area contributed by atoms with E-state index >= 15 is 0 Å². The molecule has 2 aromatic rings. The molecule has 1 unspecified atom stereocenters. The summed E-state index contributed by atoms with van der Waals surface area (Å²) in [5.74, 6) is 0. The van der Waals surface area contributed by atoms with Gasteiger partial charge in [0.15, 0.2) is 0 Å². The van der Waals surface area contributed by atoms with Gasteiger partial charge in [-0.05, 0) is 48.4 Å². The molecular formula is C18H23NS. The Labute approximate surface area is 126 Å². The van der Waals surface area contributed by atoms with E-state index in [1.54, 1.807) is 0 Å². The lowest BCUT2D eigenvalue weighted by atomic mass is 9.85. The van der Waals surface area contributed by atoms with E-state index in [-0.39, 0.29) is 0 Å². The summed E-state index contributed by atoms with van der Waals surface area (Å²) in [6, 6.07) is 11.7. The maximum Gasteiger partial charge on any atom is 0.0380 e. The molecule has 0 aliphatic heterocycles. The first-order chi connectivity index (χ1) is 9.47. The van der Waals surface area contributed by atoms with Crippen molar-refractivity contribution >= 4 is 11.3 Å². The van der Waals surface area contributed by atoms with Gasteiger partial charge in [0.05, 0.1) is 0 Å². The molecule has 106 valence electrons. The van der Waals surface area contributed by atoms with Crippen LogP contribution in [0.1, 0.15) is 46.3 Å². The van der Waals surface area contributed by atoms with Crippen LogP contribution in [0.4, 0.5) is 0 Å². The van der Waals surface area contributed by atoms with Crippen molar-refractivity contribution < 1.29 is 0 Å². The molecule has 0 bridgehead atoms. The summed E-state index contributed by atoms with van der Waals surface area (Å²) in [7, 11) is 0. The topological polar surface area (TPSA) is 12.0 Å². The molecule has 1 aliphatic carbocycles. The number of hydrogen-bond acceptors (Lipinski definition) is 2. The number of thiophene rings is 1. The minimum absolute atomic E-state index is 0.297. The summed E-state index contributed by atoms with van der Waals surface area (Å²) in [6.07, 6.45) is 1.17. The molecular weight excluding hydrogens is 262 g/mol. The van der Waals surface area contributed by atoms with Crippen molar-refractivity contribution in [3.8, 4) is 0 Å². The summed E-state index contributed by atoms with van der Waals surface area (Å²) < 4.78 is 0. The van der Waals surface area contributed by atoms with Crippen molar-refractivity contribution in [3.63, 3.8) is 0 Å². The lowest BCUT2D eigenvalue weighted by molar-refractivity contribution is 0.268. The summed E-state index contributed by atoms with van der Waals surface area (Å²) >= 11 is 1.92. The van der Waals surface area contributed by atoms with E-state index in [2.05, 4.69) is 63.3 Å². The third-order valence-corrected chi connectivity index (χ3v) is 5.64. The molecule has 20 heavy (non-hydrogen) atoms. The second-order valence-electron chi connectivity index (χ2n) is 6.63. The van der Waals surface area contributed by atoms with Crippen molar-refractivity contribution in [3.05, 3.63) is 56.8 Å². The van der Waals surface area contributed by atoms with Crippen LogP contribution in [0.2, 0.25) is 0 Å². The van der Waals surface area contributed by atoms with Gasteiger partial charge in [0.1, 0.15) is 0 Å². The van der Waals surface area contributed by atoms with Crippen LogP contribution in [-0.2, 0) is 13.0 Å². The minimum atomic E-state index is 0.297. The van der Waals surface area contributed by atoms with Gasteiger partial charge in [-0.25, -0.2) is 0 Å². The Bertz CT molecular complexity index is 605. The molecule has 0 spiro atoms. The van der Waals surface area contributed by atoms with Crippen molar-refractivity contribution in [1.29, 1.82) is 0 Å². The molecule has 1 aromatic heterocycles. The van der Waals surface area contributed by atoms with Crippen molar-refractivity contribution in [1.82, 2.24) is 5.32 Å². The highest BCUT2D eigenvalue weighted by molar-refractivity contribution is 7.12. The Morgan fingerprint density at radius 2 is 2.00 bits per heavy atom. The summed E-state index contributed by atoms with van der Waals surface area (Å²) in [6.45, 7) is 10.1. The van der Waals surface area contributed by atoms with Crippen LogP contribution >= 0.6 is 11.3 Å². The first-order valence-electron chi connectivity index (χ1n) is 7.34. The second kappa shape index (κ2) is 5.01. The van der Waals surface area contributed by atoms with Gasteiger partial charge in [-0.2, -0.15) is 0 Å². The SMILES string of the molecule is Cc1cc(CNC2c3ccccc3CC2(C)C)sc1C. The fraction of sp³-hybridized carbons (Fsp3) is 0.444. The zero-order valence-electron chi connectivity index (χ0n) is 12.8. The first kappa shape index (κ1) is 13.8. The molecule has 2 heteroatoms. The third-order valence-electron chi connectivity index (χ3n) is 4.49. The number of benzene rings is 1. The smallest absolute Gasteiger partial charge is 0.0380 e. The Hall–Kier alpha value is -1.12. The summed E-state index contributed by atoms with van der Waals surface area (Å²) in [4.78, 5) is 2.88. The Balaban J connectivity index is 1.79. The van der Waals surface area contributed by atoms with E-state index in [0.717, 1.165) is 6.54 Å². The average Bonchev–Trinajstić information content (AvgIpc) is 2.83. The Kier molecular flexibility index (Phi) is 3.47. The van der Waals surface area contributed by atoms with Crippen molar-refractivity contribution in [2.75, 3.05) is 0 Å². The molecule has 1 atom stereocenters. The minimum Gasteiger partial charge on any atom is -0.305 e. The fourth-order valence-electron chi connectivity index (χ4n) is 3.32. The molecule has 0 radical (unpaired) electrons. The molecule has 0 saturated heterocycles. The van der Waals surface area contributed by atoms with Gasteiger partial charge in [-0.3, -0.25) is 0 Å². The molecule has 1 nitrogen and oxygen atoms in total. The van der Waals surface area contributed by atoms with Crippen LogP contribution < -0.4 is 5.32 Å². The average molecular weight is 285 g/mol. The normalized spacial score (nSPS) is 20.1. The van der Waals surface area contributed by atoms with Gasteiger partial charge >= 0.3 is 0 Å². The molecule has 0 amide bonds. The summed E-state index contributed by atoms with van der Waals surface area (Å²) in [5, 5.41) is 3.80. The van der Waals surface area contributed by atoms with Crippen LogP contribution in [0.3, 0.4) is 0 Å². The highest BCUT2D eigenvalue weighted by atomic mass is 32.1. The monoisotopic (exact) mass is 285 g/mol. The second-order valence-corrected chi connectivity index (χ2v) is 7.97. The van der Waals surface area contributed by atoms with E-state index in [1.165, 1.54) is 32.9 Å². The molecule has 1 aliphatic rings. The van der Waals surface area contributed by atoms with Crippen LogP contribution in [0, 0.1) is 19.3 Å². The molecule has 1 heterocycles. The van der Waals surface area contributed by atoms with Gasteiger partial charge in [0.25, 0.3) is 0 Å². The third kappa shape index (κ3) is 2.43. The molecule has 1 aromatic carbocycles. The molecule has 3 rings (SSSR count). The van der Waals surface area contributed by atoms with Gasteiger partial charge in [-0.1, -0.05) is 38.1 Å². The predicted molar refractivity (Wildman–Crippen MR) is 87.3 cm³/mol. The van der Waals surface area contributed by atoms with Crippen LogP contribution in [0.5, 0.6) is 0 Å². The fourth-order valence-corrected chi connectivity index (χ4v) is 4.32. The Morgan fingerprint density at radius 3 is 2.70 bits per heavy atom. The molecule has 0 fully saturated rings. The van der Waals surface area contributed by atoms with Gasteiger partial charge in [0, 0.05) is 22.3 Å². The highest BCUT2D eigenvalue weighted by Gasteiger charge is 2.38. The van der Waals surface area contributed by atoms with Crippen molar-refractivity contribution in [2.45, 2.75) is 46.7 Å². The number of rotatable bonds is 3. The van der Waals surface area contributed by atoms with Crippen LogP contribution in [-0.4, -0.2) is 0 Å². The van der Waals surface area contributed by atoms with E-state index in [4.69, 9.17) is 0 Å². The van der Waals surface area contributed by atoms with E-state index in [0.29, 0.717) is 11.5 Å². The standard InChI is InChI=1S/C18H23NS/c1-12-9-15(20-13(12)2)11-19-17-16-8-6-5-7-14(16)10-18(17,3)4/h5-9,17,19H,10-11H2,1-4H3. The van der Waals surface area contributed by atoms with Crippen molar-refractivity contribution in [2.24, 2.45) is 5.41 Å². The van der Waals surface area contributed by atoms with Gasteiger partial charge in [0.2, 0.25) is 0 Å². The molecule has 1 N–H and O–H groups in total. The number of hydrogen-bond donors (Lipinski definition) is 1. The number of aryl methyl sites for hydroxylation is 2. The lowest BCUT2D eigenvalue weighted by Gasteiger charge is -2.28. The maximum absolute atomic E-state index is 3.80.